The van der Waals surface area contributed by atoms with Gasteiger partial charge in [-0.1, -0.05) is 29.8 Å². The molecule has 11 nitrogen and oxygen atoms in total. The van der Waals surface area contributed by atoms with E-state index < -0.39 is 11.9 Å². The van der Waals surface area contributed by atoms with Gasteiger partial charge in [0.2, 0.25) is 0 Å². The Kier molecular flexibility index (Phi) is 8.09. The number of hydrogen-bond donors (Lipinski definition) is 5. The lowest BCUT2D eigenvalue weighted by Crippen LogP contribution is -2.48. The van der Waals surface area contributed by atoms with E-state index >= 15 is 0 Å². The number of nitrogens with two attached hydrogens (primary N) is 3. The van der Waals surface area contributed by atoms with Crippen LogP contribution in [0.5, 0.6) is 0 Å². The zero-order valence-corrected chi connectivity index (χ0v) is 19.3. The number of carboxylic acids is 1. The molecule has 180 valence electrons. The molecule has 1 aromatic carbocycles. The summed E-state index contributed by atoms with van der Waals surface area (Å²) < 4.78 is 0. The second-order valence-corrected chi connectivity index (χ2v) is 8.66. The zero-order chi connectivity index (χ0) is 24.7. The van der Waals surface area contributed by atoms with Gasteiger partial charge in [0.25, 0.3) is 0 Å². The number of hydrogen-bond acceptors (Lipinski definition) is 7. The Bertz CT molecular complexity index is 1060. The van der Waals surface area contributed by atoms with Gasteiger partial charge in [0.15, 0.2) is 28.4 Å². The number of anilines is 2. The van der Waals surface area contributed by atoms with Crippen molar-refractivity contribution in [3.05, 3.63) is 46.7 Å². The van der Waals surface area contributed by atoms with Crippen LogP contribution >= 0.6 is 11.6 Å². The van der Waals surface area contributed by atoms with Crippen molar-refractivity contribution in [1.29, 1.82) is 0 Å². The molecule has 1 fully saturated rings. The molecule has 8 N–H and O–H groups in total. The molecule has 0 aliphatic carbocycles. The van der Waals surface area contributed by atoms with Gasteiger partial charge in [-0.15, -0.1) is 0 Å². The predicted molar refractivity (Wildman–Crippen MR) is 128 cm³/mol. The van der Waals surface area contributed by atoms with Crippen LogP contribution < -0.4 is 22.5 Å². The maximum Gasteiger partial charge on any atom is 0.317 e. The third-order valence-electron chi connectivity index (χ3n) is 5.92. The highest BCUT2D eigenvalue weighted by Gasteiger charge is 2.35. The molecule has 0 spiro atoms. The van der Waals surface area contributed by atoms with E-state index in [1.165, 1.54) is 0 Å². The molecule has 0 saturated carbocycles. The number of amides is 1. The molecule has 0 bridgehead atoms. The van der Waals surface area contributed by atoms with Crippen LogP contribution in [-0.2, 0) is 11.2 Å². The smallest absolute Gasteiger partial charge is 0.317 e. The van der Waals surface area contributed by atoms with E-state index in [1.807, 2.05) is 23.1 Å². The molecule has 2 heterocycles. The Labute approximate surface area is 202 Å². The van der Waals surface area contributed by atoms with Crippen LogP contribution in [-0.4, -0.2) is 64.0 Å². The van der Waals surface area contributed by atoms with Gasteiger partial charge in [0.05, 0.1) is 6.54 Å². The SMILES string of the molecule is N/C(=N\C(=O)c1nc(Cl)c(N)nc1N)NCC1(CCc2cc#ccc2)CCN(CC(=O)O)CC1. The number of carboxylic acid groups (broad SMARTS) is 1. The van der Waals surface area contributed by atoms with Crippen LogP contribution in [0.4, 0.5) is 11.6 Å². The number of carbonyl (C=O) groups is 2. The fourth-order valence-corrected chi connectivity index (χ4v) is 4.04. The number of nitrogen functional groups attached to an aromatic ring is 2. The first kappa shape index (κ1) is 25.0. The quantitative estimate of drug-likeness (QED) is 0.263. The minimum Gasteiger partial charge on any atom is -0.480 e. The second-order valence-electron chi connectivity index (χ2n) is 8.30. The molecule has 1 amide bonds. The van der Waals surface area contributed by atoms with E-state index in [4.69, 9.17) is 33.9 Å². The molecule has 0 atom stereocenters. The van der Waals surface area contributed by atoms with Crippen molar-refractivity contribution in [1.82, 2.24) is 20.2 Å². The predicted octanol–water partition coefficient (Wildman–Crippen LogP) is 0.739. The van der Waals surface area contributed by atoms with Gasteiger partial charge >= 0.3 is 11.9 Å². The number of aliphatic imine (C=N–C) groups is 1. The van der Waals surface area contributed by atoms with Crippen LogP contribution in [0.2, 0.25) is 5.15 Å². The maximum atomic E-state index is 12.5. The lowest BCUT2D eigenvalue weighted by molar-refractivity contribution is -0.138. The maximum absolute atomic E-state index is 12.5. The van der Waals surface area contributed by atoms with Crippen LogP contribution in [0.3, 0.4) is 0 Å². The number of nitrogens with zero attached hydrogens (tertiary/aromatic N) is 4. The number of likely N-dealkylation sites (tertiary alicyclic amines) is 1. The summed E-state index contributed by atoms with van der Waals surface area (Å²) in [5.41, 5.74) is 18.0. The summed E-state index contributed by atoms with van der Waals surface area (Å²) in [7, 11) is 0. The minimum atomic E-state index is -0.846. The summed E-state index contributed by atoms with van der Waals surface area (Å²) >= 11 is 5.83. The molecule has 1 aliphatic rings. The van der Waals surface area contributed by atoms with Crippen molar-refractivity contribution in [2.75, 3.05) is 37.6 Å². The number of nitrogens with one attached hydrogen (secondary N) is 1. The zero-order valence-electron chi connectivity index (χ0n) is 18.6. The average Bonchev–Trinajstić information content (AvgIpc) is 2.80. The molecule has 3 rings (SSSR count). The molecule has 2 aromatic rings. The van der Waals surface area contributed by atoms with Gasteiger partial charge in [-0.3, -0.25) is 14.5 Å². The summed E-state index contributed by atoms with van der Waals surface area (Å²) in [5.74, 6) is -2.01. The van der Waals surface area contributed by atoms with E-state index in [1.54, 1.807) is 0 Å². The van der Waals surface area contributed by atoms with Crippen molar-refractivity contribution in [2.45, 2.75) is 25.7 Å². The van der Waals surface area contributed by atoms with Crippen LogP contribution in [0.1, 0.15) is 35.3 Å². The van der Waals surface area contributed by atoms with Gasteiger partial charge in [0.1, 0.15) is 0 Å². The highest BCUT2D eigenvalue weighted by atomic mass is 35.5. The summed E-state index contributed by atoms with van der Waals surface area (Å²) in [4.78, 5) is 36.9. The van der Waals surface area contributed by atoms with Gasteiger partial charge in [-0.25, -0.2) is 9.97 Å². The number of carbonyl (C=O) groups excluding carboxylic acids is 1. The Morgan fingerprint density at radius 2 is 1.97 bits per heavy atom. The van der Waals surface area contributed by atoms with Crippen LogP contribution in [0.25, 0.3) is 0 Å². The van der Waals surface area contributed by atoms with Gasteiger partial charge < -0.3 is 27.6 Å². The largest absolute Gasteiger partial charge is 0.480 e. The van der Waals surface area contributed by atoms with Gasteiger partial charge in [0, 0.05) is 6.54 Å². The Morgan fingerprint density at radius 3 is 2.62 bits per heavy atom. The first-order valence-corrected chi connectivity index (χ1v) is 11.1. The van der Waals surface area contributed by atoms with Crippen molar-refractivity contribution >= 4 is 41.1 Å². The van der Waals surface area contributed by atoms with Crippen molar-refractivity contribution in [3.63, 3.8) is 0 Å². The number of halogens is 1. The number of piperidine rings is 1. The molecular formula is C22H27ClN8O3. The van der Waals surface area contributed by atoms with E-state index in [0.717, 1.165) is 31.2 Å². The summed E-state index contributed by atoms with van der Waals surface area (Å²) in [6.07, 6.45) is 3.19. The third-order valence-corrected chi connectivity index (χ3v) is 6.19. The standard InChI is InChI=1S/C22H27ClN8O3/c23-17-19(25)29-18(24)16(28-17)20(34)30-21(26)27-13-22(7-6-14-4-2-1-3-5-14)8-10-31(11-9-22)12-15(32)33/h2,4-5H,6-13H2,(H,32,33)(H4,24,25,29)(H3,26,27,30,34). The molecule has 1 aromatic heterocycles. The first-order chi connectivity index (χ1) is 16.2. The highest BCUT2D eigenvalue weighted by molar-refractivity contribution is 6.31. The van der Waals surface area contributed by atoms with Crippen LogP contribution in [0.15, 0.2) is 23.2 Å². The lowest BCUT2D eigenvalue weighted by atomic mass is 9.74. The minimum absolute atomic E-state index is 0.0116. The molecule has 0 unspecified atom stereocenters. The Hall–Kier alpha value is -3.62. The Balaban J connectivity index is 1.68. The van der Waals surface area contributed by atoms with E-state index in [9.17, 15) is 9.59 Å². The molecule has 34 heavy (non-hydrogen) atoms. The normalized spacial score (nSPS) is 16.0. The number of aryl methyl sites for hydroxylation is 1. The van der Waals surface area contributed by atoms with E-state index in [0.29, 0.717) is 19.6 Å². The van der Waals surface area contributed by atoms with Crippen molar-refractivity contribution < 1.29 is 14.7 Å². The summed E-state index contributed by atoms with van der Waals surface area (Å²) in [6, 6.07) is 11.6. The number of rotatable bonds is 8. The van der Waals surface area contributed by atoms with Gasteiger partial charge in [-0.05, 0) is 61.9 Å². The van der Waals surface area contributed by atoms with E-state index in [2.05, 4.69) is 32.4 Å². The van der Waals surface area contributed by atoms with Gasteiger partial charge in [-0.2, -0.15) is 4.99 Å². The number of aliphatic carboxylic acids is 1. The molecular weight excluding hydrogens is 460 g/mol. The number of guanidine groups is 1. The van der Waals surface area contributed by atoms with E-state index in [-0.39, 0.29) is 40.4 Å². The second kappa shape index (κ2) is 11.0. The number of aromatic nitrogens is 2. The van der Waals surface area contributed by atoms with Crippen molar-refractivity contribution in [3.8, 4) is 0 Å². The summed E-state index contributed by atoms with van der Waals surface area (Å²) in [5, 5.41) is 12.0. The average molecular weight is 487 g/mol. The molecule has 12 heteroatoms. The fraction of sp³-hybridized carbons (Fsp3) is 0.409. The summed E-state index contributed by atoms with van der Waals surface area (Å²) in [6.45, 7) is 1.77. The lowest BCUT2D eigenvalue weighted by Gasteiger charge is -2.42. The molecule has 0 radical (unpaired) electrons. The third kappa shape index (κ3) is 6.69. The Morgan fingerprint density at radius 1 is 1.24 bits per heavy atom. The fourth-order valence-electron chi connectivity index (χ4n) is 3.92. The molecule has 1 aliphatic heterocycles. The van der Waals surface area contributed by atoms with Crippen LogP contribution in [0, 0.1) is 17.5 Å². The highest BCUT2D eigenvalue weighted by Crippen LogP contribution is 2.35. The topological polar surface area (TPSA) is 186 Å². The first-order valence-electron chi connectivity index (χ1n) is 10.7. The monoisotopic (exact) mass is 486 g/mol. The van der Waals surface area contributed by atoms with Crippen molar-refractivity contribution in [2.24, 2.45) is 16.1 Å². The molecule has 1 saturated heterocycles.